The molecule has 1 atom stereocenters. The molecular weight excluding hydrogens is 252 g/mol. The minimum absolute atomic E-state index is 0.632. The third kappa shape index (κ3) is 3.21. The first-order valence-electron chi connectivity index (χ1n) is 3.86. The molecule has 0 heterocycles. The first kappa shape index (κ1) is 10.9. The lowest BCUT2D eigenvalue weighted by atomic mass is 10.3. The van der Waals surface area contributed by atoms with Gasteiger partial charge in [-0.15, -0.1) is 0 Å². The van der Waals surface area contributed by atoms with Gasteiger partial charge in [-0.25, -0.2) is 0 Å². The molecule has 1 unspecified atom stereocenters. The standard InChI is InChI=1S/C9H11BrO2S/c1-12-8-3-2-4-9(7-8)13(11)6-5-10/h2-4,7H,5-6H2,1H3. The minimum atomic E-state index is -0.922. The molecule has 0 aromatic heterocycles. The lowest BCUT2D eigenvalue weighted by Crippen LogP contribution is -2.07. The van der Waals surface area contributed by atoms with Crippen LogP contribution in [-0.2, 0) is 11.2 Å². The van der Waals surface area contributed by atoms with Gasteiger partial charge in [-0.05, 0) is 23.3 Å². The van der Waals surface area contributed by atoms with E-state index in [1.807, 2.05) is 18.2 Å². The van der Waals surface area contributed by atoms with Crippen molar-refractivity contribution in [3.8, 4) is 5.75 Å². The van der Waals surface area contributed by atoms with Gasteiger partial charge in [0.05, 0.1) is 7.11 Å². The zero-order valence-electron chi connectivity index (χ0n) is 7.33. The Balaban J connectivity index is 2.75. The highest BCUT2D eigenvalue weighted by molar-refractivity contribution is 9.09. The second kappa shape index (κ2) is 5.52. The zero-order valence-corrected chi connectivity index (χ0v) is 9.73. The number of ether oxygens (including phenoxy) is 1. The second-order valence-electron chi connectivity index (χ2n) is 2.42. The van der Waals surface area contributed by atoms with E-state index >= 15 is 0 Å². The van der Waals surface area contributed by atoms with Gasteiger partial charge in [0.1, 0.15) is 11.5 Å². The smallest absolute Gasteiger partial charge is 0.156 e. The molecule has 0 bridgehead atoms. The van der Waals surface area contributed by atoms with E-state index in [0.29, 0.717) is 5.75 Å². The topological polar surface area (TPSA) is 32.3 Å². The van der Waals surface area contributed by atoms with E-state index in [0.717, 1.165) is 16.0 Å². The van der Waals surface area contributed by atoms with Crippen LogP contribution >= 0.6 is 15.9 Å². The third-order valence-electron chi connectivity index (χ3n) is 1.57. The lowest BCUT2D eigenvalue weighted by Gasteiger charge is -2.09. The van der Waals surface area contributed by atoms with Gasteiger partial charge in [0.25, 0.3) is 0 Å². The largest absolute Gasteiger partial charge is 0.611 e. The first-order valence-corrected chi connectivity index (χ1v) is 6.30. The SMILES string of the molecule is COc1cccc([S+]([O-])CCBr)c1. The summed E-state index contributed by atoms with van der Waals surface area (Å²) >= 11 is 2.34. The van der Waals surface area contributed by atoms with E-state index in [4.69, 9.17) is 4.74 Å². The van der Waals surface area contributed by atoms with Crippen LogP contribution in [0.3, 0.4) is 0 Å². The van der Waals surface area contributed by atoms with Gasteiger partial charge in [0.15, 0.2) is 4.90 Å². The number of hydrogen-bond acceptors (Lipinski definition) is 2. The molecular formula is C9H11BrO2S. The number of rotatable bonds is 4. The maximum absolute atomic E-state index is 11.5. The number of halogens is 1. The molecule has 72 valence electrons. The van der Waals surface area contributed by atoms with E-state index in [1.165, 1.54) is 0 Å². The van der Waals surface area contributed by atoms with Crippen molar-refractivity contribution in [2.75, 3.05) is 18.2 Å². The van der Waals surface area contributed by atoms with Crippen LogP contribution in [0.15, 0.2) is 29.2 Å². The predicted octanol–water partition coefficient (Wildman–Crippen LogP) is 2.20. The Morgan fingerprint density at radius 3 is 2.92 bits per heavy atom. The van der Waals surface area contributed by atoms with Gasteiger partial charge in [0, 0.05) is 11.4 Å². The molecule has 0 N–H and O–H groups in total. The fraction of sp³-hybridized carbons (Fsp3) is 0.333. The fourth-order valence-electron chi connectivity index (χ4n) is 0.931. The summed E-state index contributed by atoms with van der Waals surface area (Å²) < 4.78 is 16.6. The second-order valence-corrected chi connectivity index (χ2v) is 4.78. The molecule has 0 spiro atoms. The Hall–Kier alpha value is -0.190. The molecule has 0 radical (unpaired) electrons. The van der Waals surface area contributed by atoms with Gasteiger partial charge in [-0.1, -0.05) is 22.0 Å². The Kier molecular flexibility index (Phi) is 4.62. The third-order valence-corrected chi connectivity index (χ3v) is 3.84. The van der Waals surface area contributed by atoms with Gasteiger partial charge in [-0.2, -0.15) is 0 Å². The molecule has 0 aliphatic carbocycles. The summed E-state index contributed by atoms with van der Waals surface area (Å²) in [5.41, 5.74) is 0. The molecule has 1 rings (SSSR count). The molecule has 13 heavy (non-hydrogen) atoms. The fourth-order valence-corrected chi connectivity index (χ4v) is 2.67. The van der Waals surface area contributed by atoms with Gasteiger partial charge in [-0.3, -0.25) is 0 Å². The highest BCUT2D eigenvalue weighted by atomic mass is 79.9. The van der Waals surface area contributed by atoms with Crippen molar-refractivity contribution in [2.45, 2.75) is 4.90 Å². The summed E-state index contributed by atoms with van der Waals surface area (Å²) in [7, 11) is 1.60. The van der Waals surface area contributed by atoms with Crippen LogP contribution in [0.2, 0.25) is 0 Å². The molecule has 0 aliphatic heterocycles. The van der Waals surface area contributed by atoms with Crippen molar-refractivity contribution < 1.29 is 9.29 Å². The van der Waals surface area contributed by atoms with Crippen molar-refractivity contribution in [2.24, 2.45) is 0 Å². The molecule has 0 saturated carbocycles. The van der Waals surface area contributed by atoms with Crippen LogP contribution in [0, 0.1) is 0 Å². The van der Waals surface area contributed by atoms with Crippen LogP contribution in [0.25, 0.3) is 0 Å². The summed E-state index contributed by atoms with van der Waals surface area (Å²) in [6.45, 7) is 0. The molecule has 2 nitrogen and oxygen atoms in total. The summed E-state index contributed by atoms with van der Waals surface area (Å²) in [5, 5.41) is 0.747. The predicted molar refractivity (Wildman–Crippen MR) is 58.1 cm³/mol. The van der Waals surface area contributed by atoms with Crippen LogP contribution in [0.4, 0.5) is 0 Å². The van der Waals surface area contributed by atoms with Gasteiger partial charge < -0.3 is 9.29 Å². The quantitative estimate of drug-likeness (QED) is 0.616. The maximum atomic E-state index is 11.5. The van der Waals surface area contributed by atoms with E-state index < -0.39 is 11.2 Å². The summed E-state index contributed by atoms with van der Waals surface area (Å²) in [6, 6.07) is 7.34. The summed E-state index contributed by atoms with van der Waals surface area (Å²) in [4.78, 5) is 0.818. The molecule has 0 saturated heterocycles. The molecule has 0 fully saturated rings. The average molecular weight is 263 g/mol. The average Bonchev–Trinajstić information content (AvgIpc) is 2.18. The highest BCUT2D eigenvalue weighted by Gasteiger charge is 2.09. The van der Waals surface area contributed by atoms with E-state index in [9.17, 15) is 4.55 Å². The molecule has 0 amide bonds. The number of methoxy groups -OCH3 is 1. The normalized spacial score (nSPS) is 12.5. The van der Waals surface area contributed by atoms with Crippen molar-refractivity contribution in [1.29, 1.82) is 0 Å². The number of alkyl halides is 1. The Morgan fingerprint density at radius 2 is 2.31 bits per heavy atom. The number of benzene rings is 1. The van der Waals surface area contributed by atoms with Crippen molar-refractivity contribution >= 4 is 27.1 Å². The van der Waals surface area contributed by atoms with Crippen LogP contribution in [0.5, 0.6) is 5.75 Å². The van der Waals surface area contributed by atoms with Crippen LogP contribution < -0.4 is 4.74 Å². The molecule has 4 heteroatoms. The highest BCUT2D eigenvalue weighted by Crippen LogP contribution is 2.18. The zero-order chi connectivity index (χ0) is 9.68. The van der Waals surface area contributed by atoms with Gasteiger partial charge >= 0.3 is 0 Å². The maximum Gasteiger partial charge on any atom is 0.156 e. The summed E-state index contributed by atoms with van der Waals surface area (Å²) in [6.07, 6.45) is 0. The minimum Gasteiger partial charge on any atom is -0.611 e. The lowest BCUT2D eigenvalue weighted by molar-refractivity contribution is 0.413. The van der Waals surface area contributed by atoms with Crippen LogP contribution in [0.1, 0.15) is 0 Å². The van der Waals surface area contributed by atoms with Gasteiger partial charge in [0.2, 0.25) is 0 Å². The molecule has 0 aliphatic rings. The van der Waals surface area contributed by atoms with Crippen molar-refractivity contribution in [3.63, 3.8) is 0 Å². The Morgan fingerprint density at radius 1 is 1.54 bits per heavy atom. The van der Waals surface area contributed by atoms with E-state index in [-0.39, 0.29) is 0 Å². The summed E-state index contributed by atoms with van der Waals surface area (Å²) in [5.74, 6) is 1.38. The Labute approximate surface area is 89.6 Å². The molecule has 1 aromatic carbocycles. The van der Waals surface area contributed by atoms with E-state index in [2.05, 4.69) is 15.9 Å². The monoisotopic (exact) mass is 262 g/mol. The first-order chi connectivity index (χ1) is 6.27. The van der Waals surface area contributed by atoms with Crippen molar-refractivity contribution in [1.82, 2.24) is 0 Å². The van der Waals surface area contributed by atoms with Crippen LogP contribution in [-0.4, -0.2) is 22.7 Å². The van der Waals surface area contributed by atoms with Crippen molar-refractivity contribution in [3.05, 3.63) is 24.3 Å². The number of hydrogen-bond donors (Lipinski definition) is 0. The molecule has 1 aromatic rings. The Bertz CT molecular complexity index is 268. The van der Waals surface area contributed by atoms with E-state index in [1.54, 1.807) is 13.2 Å².